The highest BCUT2D eigenvalue weighted by molar-refractivity contribution is 6.30. The van der Waals surface area contributed by atoms with Crippen LogP contribution in [-0.2, 0) is 9.53 Å². The minimum absolute atomic E-state index is 0.132. The number of halogens is 1. The molecule has 2 N–H and O–H groups in total. The zero-order valence-electron chi connectivity index (χ0n) is 18.1. The third-order valence-electron chi connectivity index (χ3n) is 6.07. The number of aliphatic imine (C=N–C) groups is 1. The Bertz CT molecular complexity index is 698. The molecule has 8 heteroatoms. The van der Waals surface area contributed by atoms with Crippen molar-refractivity contribution < 1.29 is 9.53 Å². The molecule has 2 aliphatic rings. The van der Waals surface area contributed by atoms with Crippen LogP contribution in [-0.4, -0.2) is 81.7 Å². The molecule has 1 atom stereocenters. The number of piperidine rings is 1. The second kappa shape index (κ2) is 11.5. The second-order valence-electron chi connectivity index (χ2n) is 7.95. The fourth-order valence-electron chi connectivity index (χ4n) is 4.27. The molecule has 2 aliphatic heterocycles. The third-order valence-corrected chi connectivity index (χ3v) is 6.33. The first-order chi connectivity index (χ1) is 14.6. The van der Waals surface area contributed by atoms with Crippen molar-refractivity contribution in [3.05, 3.63) is 34.9 Å². The lowest BCUT2D eigenvalue weighted by molar-refractivity contribution is -0.121. The highest BCUT2D eigenvalue weighted by Crippen LogP contribution is 2.24. The highest BCUT2D eigenvalue weighted by Gasteiger charge is 2.26. The Morgan fingerprint density at radius 2 is 1.87 bits per heavy atom. The molecule has 0 aromatic heterocycles. The fourth-order valence-corrected chi connectivity index (χ4v) is 4.39. The van der Waals surface area contributed by atoms with Gasteiger partial charge in [0, 0.05) is 58.3 Å². The van der Waals surface area contributed by atoms with Crippen LogP contribution in [0.15, 0.2) is 29.3 Å². The van der Waals surface area contributed by atoms with E-state index < -0.39 is 0 Å². The molecule has 1 unspecified atom stereocenters. The minimum atomic E-state index is 0.132. The number of hydrogen-bond donors (Lipinski definition) is 2. The summed E-state index contributed by atoms with van der Waals surface area (Å²) in [5.74, 6) is 1.52. The molecular weight excluding hydrogens is 402 g/mol. The van der Waals surface area contributed by atoms with Crippen LogP contribution < -0.4 is 10.6 Å². The molecule has 0 radical (unpaired) electrons. The zero-order valence-corrected chi connectivity index (χ0v) is 18.8. The molecule has 2 saturated heterocycles. The van der Waals surface area contributed by atoms with Gasteiger partial charge < -0.3 is 20.3 Å². The highest BCUT2D eigenvalue weighted by atomic mass is 35.5. The van der Waals surface area contributed by atoms with Gasteiger partial charge in [-0.1, -0.05) is 23.7 Å². The number of rotatable bonds is 6. The van der Waals surface area contributed by atoms with Gasteiger partial charge in [-0.25, -0.2) is 0 Å². The van der Waals surface area contributed by atoms with Crippen molar-refractivity contribution >= 4 is 23.5 Å². The number of likely N-dealkylation sites (tertiary alicyclic amines) is 1. The van der Waals surface area contributed by atoms with Crippen molar-refractivity contribution in [2.75, 3.05) is 60.0 Å². The Balaban J connectivity index is 1.59. The summed E-state index contributed by atoms with van der Waals surface area (Å²) >= 11 is 6.11. The molecule has 0 bridgehead atoms. The molecule has 0 aliphatic carbocycles. The van der Waals surface area contributed by atoms with Crippen LogP contribution in [0.3, 0.4) is 0 Å². The average Bonchev–Trinajstić information content (AvgIpc) is 2.79. The van der Waals surface area contributed by atoms with Gasteiger partial charge in [0.15, 0.2) is 5.96 Å². The Labute approximate surface area is 184 Å². The Morgan fingerprint density at radius 1 is 1.20 bits per heavy atom. The van der Waals surface area contributed by atoms with E-state index >= 15 is 0 Å². The standard InChI is InChI=1S/C22H34ClN5O2/c1-24-21(29)15-17-7-9-28(10-8-17)22(25-2)26-16-20(27-11-13-30-14-12-27)18-3-5-19(23)6-4-18/h3-6,17,20H,7-16H2,1-2H3,(H,24,29)(H,25,26). The van der Waals surface area contributed by atoms with E-state index in [-0.39, 0.29) is 11.9 Å². The van der Waals surface area contributed by atoms with Gasteiger partial charge in [-0.15, -0.1) is 0 Å². The molecule has 30 heavy (non-hydrogen) atoms. The Hall–Kier alpha value is -1.83. The topological polar surface area (TPSA) is 69.2 Å². The van der Waals surface area contributed by atoms with E-state index in [0.717, 1.165) is 69.8 Å². The van der Waals surface area contributed by atoms with Crippen molar-refractivity contribution in [3.8, 4) is 0 Å². The molecular formula is C22H34ClN5O2. The van der Waals surface area contributed by atoms with E-state index in [0.29, 0.717) is 12.3 Å². The lowest BCUT2D eigenvalue weighted by atomic mass is 9.93. The van der Waals surface area contributed by atoms with Crippen molar-refractivity contribution in [2.24, 2.45) is 10.9 Å². The first-order valence-corrected chi connectivity index (χ1v) is 11.2. The van der Waals surface area contributed by atoms with Gasteiger partial charge in [0.2, 0.25) is 5.91 Å². The maximum absolute atomic E-state index is 11.7. The van der Waals surface area contributed by atoms with Gasteiger partial charge >= 0.3 is 0 Å². The smallest absolute Gasteiger partial charge is 0.220 e. The van der Waals surface area contributed by atoms with Crippen LogP contribution in [0, 0.1) is 5.92 Å². The van der Waals surface area contributed by atoms with E-state index in [1.807, 2.05) is 19.2 Å². The summed E-state index contributed by atoms with van der Waals surface area (Å²) in [5, 5.41) is 7.08. The average molecular weight is 436 g/mol. The maximum atomic E-state index is 11.7. The lowest BCUT2D eigenvalue weighted by Gasteiger charge is -2.37. The summed E-state index contributed by atoms with van der Waals surface area (Å²) in [7, 11) is 3.54. The molecule has 3 rings (SSSR count). The largest absolute Gasteiger partial charge is 0.379 e. The van der Waals surface area contributed by atoms with Crippen LogP contribution in [0.25, 0.3) is 0 Å². The number of benzene rings is 1. The lowest BCUT2D eigenvalue weighted by Crippen LogP contribution is -2.49. The summed E-state index contributed by atoms with van der Waals surface area (Å²) < 4.78 is 5.55. The van der Waals surface area contributed by atoms with Crippen molar-refractivity contribution in [1.29, 1.82) is 0 Å². The number of guanidine groups is 1. The molecule has 2 heterocycles. The second-order valence-corrected chi connectivity index (χ2v) is 8.39. The number of carbonyl (C=O) groups excluding carboxylic acids is 1. The van der Waals surface area contributed by atoms with Crippen LogP contribution in [0.1, 0.15) is 30.9 Å². The van der Waals surface area contributed by atoms with E-state index in [1.54, 1.807) is 7.05 Å². The van der Waals surface area contributed by atoms with Gasteiger partial charge in [-0.3, -0.25) is 14.7 Å². The minimum Gasteiger partial charge on any atom is -0.379 e. The monoisotopic (exact) mass is 435 g/mol. The first-order valence-electron chi connectivity index (χ1n) is 10.8. The third kappa shape index (κ3) is 6.33. The molecule has 2 fully saturated rings. The van der Waals surface area contributed by atoms with Crippen LogP contribution >= 0.6 is 11.6 Å². The predicted octanol–water partition coefficient (Wildman–Crippen LogP) is 2.14. The first kappa shape index (κ1) is 22.8. The predicted molar refractivity (Wildman–Crippen MR) is 121 cm³/mol. The molecule has 166 valence electrons. The van der Waals surface area contributed by atoms with E-state index in [4.69, 9.17) is 16.3 Å². The number of hydrogen-bond acceptors (Lipinski definition) is 4. The summed E-state index contributed by atoms with van der Waals surface area (Å²) in [4.78, 5) is 20.9. The van der Waals surface area contributed by atoms with Gasteiger partial charge in [0.25, 0.3) is 0 Å². The van der Waals surface area contributed by atoms with E-state index in [1.165, 1.54) is 5.56 Å². The fraction of sp³-hybridized carbons (Fsp3) is 0.636. The van der Waals surface area contributed by atoms with Gasteiger partial charge in [-0.05, 0) is 36.5 Å². The summed E-state index contributed by atoms with van der Waals surface area (Å²) in [5.41, 5.74) is 1.24. The van der Waals surface area contributed by atoms with Crippen LogP contribution in [0.5, 0.6) is 0 Å². The number of nitrogens with zero attached hydrogens (tertiary/aromatic N) is 3. The van der Waals surface area contributed by atoms with Gasteiger partial charge in [-0.2, -0.15) is 0 Å². The maximum Gasteiger partial charge on any atom is 0.220 e. The van der Waals surface area contributed by atoms with Crippen molar-refractivity contribution in [2.45, 2.75) is 25.3 Å². The summed E-state index contributed by atoms with van der Waals surface area (Å²) in [6, 6.07) is 8.36. The quantitative estimate of drug-likeness (QED) is 0.529. The Kier molecular flexibility index (Phi) is 8.78. The molecule has 0 saturated carbocycles. The van der Waals surface area contributed by atoms with Gasteiger partial charge in [0.05, 0.1) is 19.3 Å². The molecule has 7 nitrogen and oxygen atoms in total. The van der Waals surface area contributed by atoms with Crippen LogP contribution in [0.2, 0.25) is 5.02 Å². The molecule has 0 spiro atoms. The molecule has 1 amide bonds. The number of morpholine rings is 1. The number of ether oxygens (including phenoxy) is 1. The molecule has 1 aromatic carbocycles. The SMILES string of the molecule is CN=C(NCC(c1ccc(Cl)cc1)N1CCOCC1)N1CCC(CC(=O)NC)CC1. The van der Waals surface area contributed by atoms with Crippen molar-refractivity contribution in [1.82, 2.24) is 20.4 Å². The summed E-state index contributed by atoms with van der Waals surface area (Å²) in [6.45, 7) is 5.97. The molecule has 1 aromatic rings. The number of nitrogens with one attached hydrogen (secondary N) is 2. The number of amides is 1. The van der Waals surface area contributed by atoms with Crippen LogP contribution in [0.4, 0.5) is 0 Å². The van der Waals surface area contributed by atoms with Gasteiger partial charge in [0.1, 0.15) is 0 Å². The summed E-state index contributed by atoms with van der Waals surface area (Å²) in [6.07, 6.45) is 2.64. The number of carbonyl (C=O) groups is 1. The van der Waals surface area contributed by atoms with Crippen molar-refractivity contribution in [3.63, 3.8) is 0 Å². The van der Waals surface area contributed by atoms with E-state index in [2.05, 4.69) is 37.6 Å². The Morgan fingerprint density at radius 3 is 2.47 bits per heavy atom. The normalized spacial score (nSPS) is 20.1. The zero-order chi connectivity index (χ0) is 21.3. The van der Waals surface area contributed by atoms with E-state index in [9.17, 15) is 4.79 Å².